The van der Waals surface area contributed by atoms with Crippen molar-refractivity contribution in [3.05, 3.63) is 41.2 Å². The van der Waals surface area contributed by atoms with E-state index in [1.54, 1.807) is 6.33 Å². The zero-order valence-electron chi connectivity index (χ0n) is 17.1. The van der Waals surface area contributed by atoms with Gasteiger partial charge in [-0.1, -0.05) is 50.6 Å². The Morgan fingerprint density at radius 1 is 1.14 bits per heavy atom. The number of nitrogens with zero attached hydrogens (tertiary/aromatic N) is 5. The molecule has 0 unspecified atom stereocenters. The van der Waals surface area contributed by atoms with Gasteiger partial charge in [-0.3, -0.25) is 0 Å². The molecule has 1 fully saturated rings. The molecule has 0 spiro atoms. The minimum Gasteiger partial charge on any atom is -0.463 e. The fourth-order valence-corrected chi connectivity index (χ4v) is 3.37. The minimum absolute atomic E-state index is 0.00918. The van der Waals surface area contributed by atoms with E-state index in [2.05, 4.69) is 35.6 Å². The fourth-order valence-electron chi connectivity index (χ4n) is 3.18. The molecule has 0 bridgehead atoms. The lowest BCUT2D eigenvalue weighted by molar-refractivity contribution is 0.122. The van der Waals surface area contributed by atoms with Crippen molar-refractivity contribution in [3.63, 3.8) is 0 Å². The van der Waals surface area contributed by atoms with E-state index in [1.165, 1.54) is 0 Å². The summed E-state index contributed by atoms with van der Waals surface area (Å²) in [6.07, 6.45) is 1.79. The van der Waals surface area contributed by atoms with Crippen molar-refractivity contribution in [1.82, 2.24) is 19.5 Å². The highest BCUT2D eigenvalue weighted by atomic mass is 35.5. The van der Waals surface area contributed by atoms with Gasteiger partial charge in [0.15, 0.2) is 17.0 Å². The number of imidazole rings is 1. The lowest BCUT2D eigenvalue weighted by Crippen LogP contribution is -2.37. The van der Waals surface area contributed by atoms with Crippen molar-refractivity contribution in [3.8, 4) is 6.01 Å². The molecule has 1 saturated heterocycles. The molecule has 8 heteroatoms. The maximum Gasteiger partial charge on any atom is 0.320 e. The van der Waals surface area contributed by atoms with Crippen LogP contribution in [0.5, 0.6) is 6.01 Å². The molecule has 0 N–H and O–H groups in total. The third-order valence-corrected chi connectivity index (χ3v) is 5.04. The molecule has 0 saturated carbocycles. The SMILES string of the molecule is CC(C)(C)COc1nc(N2CCOCC2)c2ncn(Cc3ccccc3Cl)c2n1. The number of hydrogen-bond acceptors (Lipinski definition) is 6. The first-order valence-electron chi connectivity index (χ1n) is 9.82. The third kappa shape index (κ3) is 4.62. The van der Waals surface area contributed by atoms with E-state index in [0.717, 1.165) is 40.7 Å². The fraction of sp³-hybridized carbons (Fsp3) is 0.476. The number of anilines is 1. The average molecular weight is 416 g/mol. The Morgan fingerprint density at radius 2 is 1.90 bits per heavy atom. The van der Waals surface area contributed by atoms with E-state index in [1.807, 2.05) is 28.8 Å². The van der Waals surface area contributed by atoms with Crippen LogP contribution >= 0.6 is 11.6 Å². The van der Waals surface area contributed by atoms with E-state index in [-0.39, 0.29) is 5.41 Å². The molecule has 0 atom stereocenters. The van der Waals surface area contributed by atoms with Gasteiger partial charge >= 0.3 is 6.01 Å². The Bertz CT molecular complexity index is 992. The Labute approximate surface area is 175 Å². The van der Waals surface area contributed by atoms with E-state index in [0.29, 0.717) is 32.4 Å². The van der Waals surface area contributed by atoms with Crippen molar-refractivity contribution in [1.29, 1.82) is 0 Å². The van der Waals surface area contributed by atoms with Gasteiger partial charge in [0.25, 0.3) is 0 Å². The summed E-state index contributed by atoms with van der Waals surface area (Å²) in [7, 11) is 0. The molecular formula is C21H26ClN5O2. The summed E-state index contributed by atoms with van der Waals surface area (Å²) in [5.41, 5.74) is 2.53. The Kier molecular flexibility index (Phi) is 5.61. The molecule has 2 aromatic heterocycles. The summed E-state index contributed by atoms with van der Waals surface area (Å²) in [6, 6.07) is 8.17. The molecule has 7 nitrogen and oxygen atoms in total. The zero-order chi connectivity index (χ0) is 20.4. The number of fused-ring (bicyclic) bond motifs is 1. The Balaban J connectivity index is 1.74. The summed E-state index contributed by atoms with van der Waals surface area (Å²) in [5.74, 6) is 0.792. The van der Waals surface area contributed by atoms with Gasteiger partial charge in [-0.05, 0) is 17.0 Å². The van der Waals surface area contributed by atoms with Crippen LogP contribution < -0.4 is 9.64 Å². The number of ether oxygens (including phenoxy) is 2. The normalized spacial score (nSPS) is 15.1. The molecule has 1 aromatic carbocycles. The lowest BCUT2D eigenvalue weighted by atomic mass is 9.99. The van der Waals surface area contributed by atoms with Gasteiger partial charge < -0.3 is 18.9 Å². The topological polar surface area (TPSA) is 65.3 Å². The zero-order valence-corrected chi connectivity index (χ0v) is 17.8. The van der Waals surface area contributed by atoms with Gasteiger partial charge in [0.05, 0.1) is 32.7 Å². The van der Waals surface area contributed by atoms with Crippen molar-refractivity contribution < 1.29 is 9.47 Å². The van der Waals surface area contributed by atoms with Crippen LogP contribution in [-0.4, -0.2) is 52.4 Å². The molecule has 3 heterocycles. The van der Waals surface area contributed by atoms with Crippen LogP contribution in [0.1, 0.15) is 26.3 Å². The highest BCUT2D eigenvalue weighted by Crippen LogP contribution is 2.28. The molecular weight excluding hydrogens is 390 g/mol. The predicted molar refractivity (Wildman–Crippen MR) is 114 cm³/mol. The highest BCUT2D eigenvalue weighted by molar-refractivity contribution is 6.31. The van der Waals surface area contributed by atoms with Gasteiger partial charge in [0, 0.05) is 18.1 Å². The Morgan fingerprint density at radius 3 is 2.62 bits per heavy atom. The lowest BCUT2D eigenvalue weighted by Gasteiger charge is -2.28. The first-order chi connectivity index (χ1) is 13.9. The molecule has 0 aliphatic carbocycles. The summed E-state index contributed by atoms with van der Waals surface area (Å²) in [5, 5.41) is 0.723. The van der Waals surface area contributed by atoms with E-state index in [9.17, 15) is 0 Å². The molecule has 3 aromatic rings. The highest BCUT2D eigenvalue weighted by Gasteiger charge is 2.22. The second-order valence-electron chi connectivity index (χ2n) is 8.41. The summed E-state index contributed by atoms with van der Waals surface area (Å²) in [6.45, 7) is 10.3. The van der Waals surface area contributed by atoms with Crippen LogP contribution in [0.15, 0.2) is 30.6 Å². The summed E-state index contributed by atoms with van der Waals surface area (Å²) < 4.78 is 13.4. The third-order valence-electron chi connectivity index (χ3n) is 4.67. The number of morpholine rings is 1. The van der Waals surface area contributed by atoms with Gasteiger partial charge in [0.2, 0.25) is 0 Å². The first-order valence-corrected chi connectivity index (χ1v) is 10.2. The van der Waals surface area contributed by atoms with Gasteiger partial charge in [-0.15, -0.1) is 0 Å². The number of aromatic nitrogens is 4. The quantitative estimate of drug-likeness (QED) is 0.631. The molecule has 154 valence electrons. The van der Waals surface area contributed by atoms with Crippen molar-refractivity contribution in [2.75, 3.05) is 37.8 Å². The maximum absolute atomic E-state index is 6.36. The van der Waals surface area contributed by atoms with Crippen LogP contribution in [-0.2, 0) is 11.3 Å². The minimum atomic E-state index is 0.00918. The van der Waals surface area contributed by atoms with Crippen LogP contribution in [0.25, 0.3) is 11.2 Å². The molecule has 4 rings (SSSR count). The van der Waals surface area contributed by atoms with E-state index >= 15 is 0 Å². The second-order valence-corrected chi connectivity index (χ2v) is 8.82. The molecule has 1 aliphatic heterocycles. The van der Waals surface area contributed by atoms with Gasteiger partial charge in [0.1, 0.15) is 0 Å². The van der Waals surface area contributed by atoms with Crippen molar-refractivity contribution >= 4 is 28.6 Å². The number of benzene rings is 1. The predicted octanol–water partition coefficient (Wildman–Crippen LogP) is 3.79. The molecule has 0 amide bonds. The standard InChI is InChI=1S/C21H26ClN5O2/c1-21(2,3)13-29-20-24-18(26-8-10-28-11-9-26)17-19(25-20)27(14-23-17)12-15-6-4-5-7-16(15)22/h4-7,14H,8-13H2,1-3H3. The largest absolute Gasteiger partial charge is 0.463 e. The second kappa shape index (κ2) is 8.16. The monoisotopic (exact) mass is 415 g/mol. The molecule has 0 radical (unpaired) electrons. The van der Waals surface area contributed by atoms with E-state index in [4.69, 9.17) is 26.1 Å². The van der Waals surface area contributed by atoms with Gasteiger partial charge in [-0.2, -0.15) is 9.97 Å². The van der Waals surface area contributed by atoms with Crippen molar-refractivity contribution in [2.24, 2.45) is 5.41 Å². The smallest absolute Gasteiger partial charge is 0.320 e. The van der Waals surface area contributed by atoms with Crippen LogP contribution in [0.4, 0.5) is 5.82 Å². The van der Waals surface area contributed by atoms with Gasteiger partial charge in [-0.25, -0.2) is 4.98 Å². The van der Waals surface area contributed by atoms with Crippen LogP contribution in [0, 0.1) is 5.41 Å². The first kappa shape index (κ1) is 19.9. The van der Waals surface area contributed by atoms with Crippen LogP contribution in [0.3, 0.4) is 0 Å². The number of halogens is 1. The maximum atomic E-state index is 6.36. The number of hydrogen-bond donors (Lipinski definition) is 0. The Hall–Kier alpha value is -2.38. The van der Waals surface area contributed by atoms with Crippen molar-refractivity contribution in [2.45, 2.75) is 27.3 Å². The number of rotatable bonds is 5. The summed E-state index contributed by atoms with van der Waals surface area (Å²) in [4.78, 5) is 16.2. The van der Waals surface area contributed by atoms with E-state index < -0.39 is 0 Å². The van der Waals surface area contributed by atoms with Crippen LogP contribution in [0.2, 0.25) is 5.02 Å². The summed E-state index contributed by atoms with van der Waals surface area (Å²) >= 11 is 6.36. The molecule has 1 aliphatic rings. The average Bonchev–Trinajstić information content (AvgIpc) is 3.10. The molecule has 29 heavy (non-hydrogen) atoms.